The predicted molar refractivity (Wildman–Crippen MR) is 117 cm³/mol. The summed E-state index contributed by atoms with van der Waals surface area (Å²) in [6, 6.07) is 1.66. The molecule has 0 saturated heterocycles. The number of aliphatic carboxylic acids is 1. The average Bonchev–Trinajstić information content (AvgIpc) is 3.03. The fourth-order valence-electron chi connectivity index (χ4n) is 6.73. The molecule has 5 N–H and O–H groups in total. The molecule has 3 aliphatic rings. The normalized spacial score (nSPS) is 33.5. The molecule has 2 fully saturated rings. The molecule has 1 amide bonds. The lowest BCUT2D eigenvalue weighted by atomic mass is 9.55. The monoisotopic (exact) mass is 449 g/mol. The van der Waals surface area contributed by atoms with Crippen LogP contribution in [0.2, 0.25) is 0 Å². The largest absolute Gasteiger partial charge is 0.504 e. The number of aliphatic hydroxyl groups is 1. The number of amides is 1. The van der Waals surface area contributed by atoms with E-state index in [1.54, 1.807) is 6.07 Å². The average molecular weight is 450 g/mol. The van der Waals surface area contributed by atoms with Gasteiger partial charge in [-0.05, 0) is 73.3 Å². The SMILES string of the molecule is CC(=O)NC(CS)(C(=O)O)c1cc2c(c(O)c1O)CC[C@@H]1[C@@H]2CC[C@]2(C)[C@@H](O)CC[C@@H]12. The van der Waals surface area contributed by atoms with Gasteiger partial charge in [0.25, 0.3) is 0 Å². The molecule has 0 radical (unpaired) electrons. The Morgan fingerprint density at radius 2 is 1.94 bits per heavy atom. The molecule has 0 bridgehead atoms. The standard InChI is InChI=1S/C23H31NO6S/c1-11(25)24-23(10-31,21(29)30)17-9-15-12-7-8-22(2)16(5-6-18(22)26)13(12)3-4-14(15)19(27)20(17)28/h9,12-13,16,18,26-28,31H,3-8,10H2,1-2H3,(H,24,25)(H,29,30)/t12-,13+,16-,18-,22-,23?/m0/s1. The van der Waals surface area contributed by atoms with Gasteiger partial charge in [-0.2, -0.15) is 12.6 Å². The van der Waals surface area contributed by atoms with Gasteiger partial charge in [0.15, 0.2) is 17.0 Å². The minimum absolute atomic E-state index is 0.0399. The number of thiol groups is 1. The number of hydrogen-bond donors (Lipinski definition) is 6. The van der Waals surface area contributed by atoms with E-state index in [0.29, 0.717) is 23.8 Å². The van der Waals surface area contributed by atoms with Crippen LogP contribution in [0.15, 0.2) is 6.07 Å². The number of fused-ring (bicyclic) bond motifs is 5. The number of carboxylic acids is 1. The van der Waals surface area contributed by atoms with Crippen LogP contribution in [0.4, 0.5) is 0 Å². The van der Waals surface area contributed by atoms with Gasteiger partial charge >= 0.3 is 5.97 Å². The van der Waals surface area contributed by atoms with Gasteiger partial charge in [0, 0.05) is 23.8 Å². The lowest BCUT2D eigenvalue weighted by Crippen LogP contribution is -2.53. The van der Waals surface area contributed by atoms with E-state index in [0.717, 1.165) is 37.7 Å². The number of aliphatic hydroxyl groups excluding tert-OH is 1. The minimum Gasteiger partial charge on any atom is -0.504 e. The molecule has 0 aromatic heterocycles. The molecule has 0 spiro atoms. The van der Waals surface area contributed by atoms with Crippen molar-refractivity contribution in [3.8, 4) is 11.5 Å². The number of phenolic OH excluding ortho intramolecular Hbond substituents is 2. The topological polar surface area (TPSA) is 127 Å². The van der Waals surface area contributed by atoms with Gasteiger partial charge < -0.3 is 25.7 Å². The Morgan fingerprint density at radius 3 is 2.55 bits per heavy atom. The van der Waals surface area contributed by atoms with E-state index in [1.165, 1.54) is 6.92 Å². The summed E-state index contributed by atoms with van der Waals surface area (Å²) in [5.41, 5.74) is -0.590. The number of benzene rings is 1. The highest BCUT2D eigenvalue weighted by Gasteiger charge is 2.55. The summed E-state index contributed by atoms with van der Waals surface area (Å²) in [4.78, 5) is 24.1. The zero-order chi connectivity index (χ0) is 22.7. The molecule has 7 nitrogen and oxygen atoms in total. The Hall–Kier alpha value is -1.93. The fourth-order valence-corrected chi connectivity index (χ4v) is 7.11. The first-order chi connectivity index (χ1) is 14.6. The molecule has 1 unspecified atom stereocenters. The summed E-state index contributed by atoms with van der Waals surface area (Å²) in [5.74, 6) is -2.21. The highest BCUT2D eigenvalue weighted by molar-refractivity contribution is 7.80. The van der Waals surface area contributed by atoms with Crippen LogP contribution in [-0.4, -0.2) is 44.2 Å². The zero-order valence-electron chi connectivity index (χ0n) is 17.9. The van der Waals surface area contributed by atoms with Crippen LogP contribution in [0.3, 0.4) is 0 Å². The Kier molecular flexibility index (Phi) is 5.45. The quantitative estimate of drug-likeness (QED) is 0.310. The fraction of sp³-hybridized carbons (Fsp3) is 0.652. The summed E-state index contributed by atoms with van der Waals surface area (Å²) in [6.45, 7) is 3.38. The van der Waals surface area contributed by atoms with Crippen molar-refractivity contribution in [2.45, 2.75) is 69.9 Å². The molecule has 8 heteroatoms. The Balaban J connectivity index is 1.84. The van der Waals surface area contributed by atoms with Crippen molar-refractivity contribution in [2.75, 3.05) is 5.75 Å². The van der Waals surface area contributed by atoms with Crippen LogP contribution < -0.4 is 5.32 Å². The van der Waals surface area contributed by atoms with Crippen molar-refractivity contribution in [1.82, 2.24) is 5.32 Å². The number of phenols is 2. The third-order valence-electron chi connectivity index (χ3n) is 8.38. The van der Waals surface area contributed by atoms with Gasteiger partial charge in [0.1, 0.15) is 0 Å². The predicted octanol–water partition coefficient (Wildman–Crippen LogP) is 2.66. The third kappa shape index (κ3) is 3.13. The first kappa shape index (κ1) is 22.3. The number of carbonyl (C=O) groups is 2. The summed E-state index contributed by atoms with van der Waals surface area (Å²) in [6.07, 6.45) is 4.59. The number of hydrogen-bond acceptors (Lipinski definition) is 6. The van der Waals surface area contributed by atoms with E-state index in [4.69, 9.17) is 0 Å². The van der Waals surface area contributed by atoms with Crippen molar-refractivity contribution >= 4 is 24.5 Å². The van der Waals surface area contributed by atoms with E-state index in [2.05, 4.69) is 24.9 Å². The van der Waals surface area contributed by atoms with Crippen molar-refractivity contribution in [1.29, 1.82) is 0 Å². The van der Waals surface area contributed by atoms with Crippen LogP contribution in [0, 0.1) is 17.3 Å². The van der Waals surface area contributed by atoms with E-state index in [1.807, 2.05) is 0 Å². The number of nitrogens with one attached hydrogen (secondary N) is 1. The molecule has 1 aromatic carbocycles. The molecular weight excluding hydrogens is 418 g/mol. The van der Waals surface area contributed by atoms with E-state index >= 15 is 0 Å². The maximum absolute atomic E-state index is 12.2. The van der Waals surface area contributed by atoms with Gasteiger partial charge in [-0.3, -0.25) is 4.79 Å². The van der Waals surface area contributed by atoms with Crippen molar-refractivity contribution in [3.63, 3.8) is 0 Å². The molecule has 4 rings (SSSR count). The van der Waals surface area contributed by atoms with E-state index in [-0.39, 0.29) is 34.5 Å². The summed E-state index contributed by atoms with van der Waals surface area (Å²) in [5, 5.41) is 44.6. The smallest absolute Gasteiger partial charge is 0.335 e. The van der Waals surface area contributed by atoms with Crippen LogP contribution in [0.25, 0.3) is 0 Å². The van der Waals surface area contributed by atoms with Crippen molar-refractivity contribution in [3.05, 3.63) is 22.8 Å². The molecular formula is C23H31NO6S. The lowest BCUT2D eigenvalue weighted by molar-refractivity contribution is -0.146. The second kappa shape index (κ2) is 7.59. The Morgan fingerprint density at radius 1 is 1.23 bits per heavy atom. The maximum Gasteiger partial charge on any atom is 0.335 e. The van der Waals surface area contributed by atoms with E-state index < -0.39 is 23.2 Å². The number of rotatable bonds is 4. The van der Waals surface area contributed by atoms with Crippen LogP contribution in [0.5, 0.6) is 11.5 Å². The molecule has 0 heterocycles. The van der Waals surface area contributed by atoms with Crippen LogP contribution in [-0.2, 0) is 21.5 Å². The molecule has 0 aliphatic heterocycles. The minimum atomic E-state index is -1.95. The van der Waals surface area contributed by atoms with Gasteiger partial charge in [-0.25, -0.2) is 4.79 Å². The number of aromatic hydroxyl groups is 2. The summed E-state index contributed by atoms with van der Waals surface area (Å²) < 4.78 is 0. The highest BCUT2D eigenvalue weighted by atomic mass is 32.1. The van der Waals surface area contributed by atoms with Gasteiger partial charge in [-0.1, -0.05) is 6.92 Å². The van der Waals surface area contributed by atoms with Crippen LogP contribution >= 0.6 is 12.6 Å². The number of carboxylic acid groups (broad SMARTS) is 1. The van der Waals surface area contributed by atoms with Gasteiger partial charge in [-0.15, -0.1) is 0 Å². The molecule has 31 heavy (non-hydrogen) atoms. The van der Waals surface area contributed by atoms with Gasteiger partial charge in [0.05, 0.1) is 6.10 Å². The molecule has 2 saturated carbocycles. The van der Waals surface area contributed by atoms with E-state index in [9.17, 15) is 30.0 Å². The number of carbonyl (C=O) groups excluding carboxylic acids is 1. The second-order valence-corrected chi connectivity index (χ2v) is 10.1. The molecule has 170 valence electrons. The van der Waals surface area contributed by atoms with Crippen LogP contribution in [0.1, 0.15) is 68.6 Å². The maximum atomic E-state index is 12.2. The summed E-state index contributed by atoms with van der Waals surface area (Å²) >= 11 is 4.18. The van der Waals surface area contributed by atoms with Crippen molar-refractivity contribution < 1.29 is 30.0 Å². The zero-order valence-corrected chi connectivity index (χ0v) is 18.8. The first-order valence-electron chi connectivity index (χ1n) is 11.0. The highest BCUT2D eigenvalue weighted by Crippen LogP contribution is 2.62. The first-order valence-corrected chi connectivity index (χ1v) is 11.6. The molecule has 3 aliphatic carbocycles. The summed E-state index contributed by atoms with van der Waals surface area (Å²) in [7, 11) is 0. The Labute approximate surface area is 187 Å². The van der Waals surface area contributed by atoms with Crippen molar-refractivity contribution in [2.24, 2.45) is 17.3 Å². The Bertz CT molecular complexity index is 935. The van der Waals surface area contributed by atoms with Gasteiger partial charge in [0.2, 0.25) is 5.91 Å². The molecule has 6 atom stereocenters. The third-order valence-corrected chi connectivity index (χ3v) is 8.85. The molecule has 1 aromatic rings. The second-order valence-electron chi connectivity index (χ2n) is 9.79. The lowest BCUT2D eigenvalue weighted by Gasteiger charge is -2.50.